The van der Waals surface area contributed by atoms with Crippen LogP contribution in [-0.2, 0) is 11.2 Å². The van der Waals surface area contributed by atoms with Gasteiger partial charge in [0.15, 0.2) is 0 Å². The van der Waals surface area contributed by atoms with Gasteiger partial charge in [-0.15, -0.1) is 0 Å². The molecule has 0 aliphatic rings. The molecule has 22 heavy (non-hydrogen) atoms. The third-order valence-electron chi connectivity index (χ3n) is 3.55. The first kappa shape index (κ1) is 14.0. The first-order valence-corrected chi connectivity index (χ1v) is 6.93. The maximum atomic E-state index is 11.2. The van der Waals surface area contributed by atoms with Crippen LogP contribution >= 0.6 is 0 Å². The fourth-order valence-electron chi connectivity index (χ4n) is 2.50. The van der Waals surface area contributed by atoms with E-state index in [0.717, 1.165) is 33.9 Å². The Morgan fingerprint density at radius 1 is 1.05 bits per heavy atom. The summed E-state index contributed by atoms with van der Waals surface area (Å²) in [6, 6.07) is 11.2. The number of carboxylic acids is 1. The van der Waals surface area contributed by atoms with Gasteiger partial charge in [0.25, 0.3) is 0 Å². The zero-order chi connectivity index (χ0) is 15.5. The van der Waals surface area contributed by atoms with Crippen LogP contribution in [0.15, 0.2) is 48.8 Å². The number of aromatic amines is 1. The molecule has 0 amide bonds. The standard InChI is InChI=1S/C17H15N3O2/c1-11-12(10-15(21)22)17(14-7-3-5-9-19-14)20-16(11)13-6-2-4-8-18-13/h2-9,20H,10H2,1H3,(H,21,22). The number of hydrogen-bond donors (Lipinski definition) is 2. The summed E-state index contributed by atoms with van der Waals surface area (Å²) in [5.74, 6) is -0.869. The highest BCUT2D eigenvalue weighted by Gasteiger charge is 2.19. The molecule has 5 heteroatoms. The van der Waals surface area contributed by atoms with Crippen molar-refractivity contribution in [3.05, 3.63) is 59.9 Å². The van der Waals surface area contributed by atoms with E-state index in [-0.39, 0.29) is 6.42 Å². The van der Waals surface area contributed by atoms with Gasteiger partial charge < -0.3 is 10.1 Å². The number of carbonyl (C=O) groups is 1. The highest BCUT2D eigenvalue weighted by atomic mass is 16.4. The van der Waals surface area contributed by atoms with Crippen LogP contribution < -0.4 is 0 Å². The molecule has 0 atom stereocenters. The van der Waals surface area contributed by atoms with E-state index < -0.39 is 5.97 Å². The molecule has 0 unspecified atom stereocenters. The van der Waals surface area contributed by atoms with E-state index >= 15 is 0 Å². The van der Waals surface area contributed by atoms with Crippen LogP contribution in [0.25, 0.3) is 22.8 Å². The highest BCUT2D eigenvalue weighted by Crippen LogP contribution is 2.32. The Kier molecular flexibility index (Phi) is 3.70. The second-order valence-corrected chi connectivity index (χ2v) is 4.98. The van der Waals surface area contributed by atoms with Gasteiger partial charge in [0.05, 0.1) is 29.2 Å². The summed E-state index contributed by atoms with van der Waals surface area (Å²) in [5, 5.41) is 9.19. The quantitative estimate of drug-likeness (QED) is 0.774. The zero-order valence-corrected chi connectivity index (χ0v) is 12.1. The summed E-state index contributed by atoms with van der Waals surface area (Å²) in [6.07, 6.45) is 3.35. The largest absolute Gasteiger partial charge is 0.481 e. The predicted octanol–water partition coefficient (Wildman–Crippen LogP) is 3.07. The zero-order valence-electron chi connectivity index (χ0n) is 12.1. The summed E-state index contributed by atoms with van der Waals surface area (Å²) < 4.78 is 0. The normalized spacial score (nSPS) is 10.6. The van der Waals surface area contributed by atoms with Gasteiger partial charge in [0.2, 0.25) is 0 Å². The minimum absolute atomic E-state index is 0.0545. The van der Waals surface area contributed by atoms with Crippen molar-refractivity contribution in [2.75, 3.05) is 0 Å². The van der Waals surface area contributed by atoms with Crippen molar-refractivity contribution in [1.82, 2.24) is 15.0 Å². The SMILES string of the molecule is Cc1c(-c2ccccn2)[nH]c(-c2ccccn2)c1CC(=O)O. The molecule has 0 saturated carbocycles. The molecule has 0 aromatic carbocycles. The van der Waals surface area contributed by atoms with Crippen molar-refractivity contribution in [2.45, 2.75) is 13.3 Å². The maximum absolute atomic E-state index is 11.2. The molecule has 0 saturated heterocycles. The number of H-pyrrole nitrogens is 1. The molecule has 0 aliphatic carbocycles. The van der Waals surface area contributed by atoms with Crippen LogP contribution in [0.1, 0.15) is 11.1 Å². The van der Waals surface area contributed by atoms with E-state index in [1.54, 1.807) is 12.4 Å². The lowest BCUT2D eigenvalue weighted by Gasteiger charge is -2.02. The van der Waals surface area contributed by atoms with Crippen molar-refractivity contribution in [3.63, 3.8) is 0 Å². The number of aliphatic carboxylic acids is 1. The van der Waals surface area contributed by atoms with Gasteiger partial charge in [-0.05, 0) is 42.3 Å². The van der Waals surface area contributed by atoms with E-state index in [0.29, 0.717) is 0 Å². The Bertz CT molecular complexity index is 796. The Balaban J connectivity index is 2.19. The lowest BCUT2D eigenvalue weighted by atomic mass is 10.0. The molecule has 0 bridgehead atoms. The molecule has 3 aromatic heterocycles. The van der Waals surface area contributed by atoms with E-state index in [4.69, 9.17) is 0 Å². The smallest absolute Gasteiger partial charge is 0.307 e. The van der Waals surface area contributed by atoms with Crippen LogP contribution in [0.3, 0.4) is 0 Å². The summed E-state index contributed by atoms with van der Waals surface area (Å²) >= 11 is 0. The first-order chi connectivity index (χ1) is 10.7. The average molecular weight is 293 g/mol. The molecule has 2 N–H and O–H groups in total. The third-order valence-corrected chi connectivity index (χ3v) is 3.55. The molecule has 5 nitrogen and oxygen atoms in total. The summed E-state index contributed by atoms with van der Waals surface area (Å²) in [5.41, 5.74) is 4.71. The lowest BCUT2D eigenvalue weighted by Crippen LogP contribution is -2.02. The minimum Gasteiger partial charge on any atom is -0.481 e. The Hall–Kier alpha value is -2.95. The fourth-order valence-corrected chi connectivity index (χ4v) is 2.50. The number of aromatic nitrogens is 3. The van der Waals surface area contributed by atoms with Gasteiger partial charge in [-0.2, -0.15) is 0 Å². The van der Waals surface area contributed by atoms with E-state index in [9.17, 15) is 9.90 Å². The molecule has 3 rings (SSSR count). The van der Waals surface area contributed by atoms with Gasteiger partial charge in [-0.3, -0.25) is 14.8 Å². The molecular weight excluding hydrogens is 278 g/mol. The third kappa shape index (κ3) is 2.61. The number of hydrogen-bond acceptors (Lipinski definition) is 3. The highest BCUT2D eigenvalue weighted by molar-refractivity contribution is 5.79. The van der Waals surface area contributed by atoms with Crippen molar-refractivity contribution in [2.24, 2.45) is 0 Å². The van der Waals surface area contributed by atoms with E-state index in [2.05, 4.69) is 15.0 Å². The molecule has 0 radical (unpaired) electrons. The van der Waals surface area contributed by atoms with Gasteiger partial charge in [-0.25, -0.2) is 0 Å². The Labute approximate surface area is 127 Å². The molecule has 3 heterocycles. The van der Waals surface area contributed by atoms with Gasteiger partial charge in [0.1, 0.15) is 0 Å². The molecular formula is C17H15N3O2. The number of nitrogens with one attached hydrogen (secondary N) is 1. The number of rotatable bonds is 4. The monoisotopic (exact) mass is 293 g/mol. The van der Waals surface area contributed by atoms with Crippen LogP contribution in [0.4, 0.5) is 0 Å². The number of pyridine rings is 2. The topological polar surface area (TPSA) is 78.9 Å². The van der Waals surface area contributed by atoms with Crippen molar-refractivity contribution < 1.29 is 9.90 Å². The van der Waals surface area contributed by atoms with Crippen LogP contribution in [0.5, 0.6) is 0 Å². The maximum Gasteiger partial charge on any atom is 0.307 e. The van der Waals surface area contributed by atoms with Crippen LogP contribution in [0.2, 0.25) is 0 Å². The minimum atomic E-state index is -0.869. The fraction of sp³-hybridized carbons (Fsp3) is 0.118. The molecule has 110 valence electrons. The van der Waals surface area contributed by atoms with Gasteiger partial charge in [0, 0.05) is 12.4 Å². The van der Waals surface area contributed by atoms with Crippen molar-refractivity contribution in [1.29, 1.82) is 0 Å². The molecule has 0 fully saturated rings. The molecule has 0 spiro atoms. The second-order valence-electron chi connectivity index (χ2n) is 4.98. The predicted molar refractivity (Wildman–Crippen MR) is 83.3 cm³/mol. The molecule has 0 aliphatic heterocycles. The van der Waals surface area contributed by atoms with E-state index in [1.165, 1.54) is 0 Å². The summed E-state index contributed by atoms with van der Waals surface area (Å²) in [7, 11) is 0. The molecule has 3 aromatic rings. The number of nitrogens with zero attached hydrogens (tertiary/aromatic N) is 2. The Morgan fingerprint density at radius 3 is 2.14 bits per heavy atom. The Morgan fingerprint density at radius 2 is 1.64 bits per heavy atom. The average Bonchev–Trinajstić information content (AvgIpc) is 2.86. The van der Waals surface area contributed by atoms with Gasteiger partial charge >= 0.3 is 5.97 Å². The van der Waals surface area contributed by atoms with Crippen molar-refractivity contribution in [3.8, 4) is 22.8 Å². The van der Waals surface area contributed by atoms with Crippen LogP contribution in [0, 0.1) is 6.92 Å². The summed E-state index contributed by atoms with van der Waals surface area (Å²) in [4.78, 5) is 23.2. The first-order valence-electron chi connectivity index (χ1n) is 6.93. The van der Waals surface area contributed by atoms with E-state index in [1.807, 2.05) is 43.3 Å². The second kappa shape index (κ2) is 5.81. The lowest BCUT2D eigenvalue weighted by molar-refractivity contribution is -0.136. The summed E-state index contributed by atoms with van der Waals surface area (Å²) in [6.45, 7) is 1.91. The van der Waals surface area contributed by atoms with Gasteiger partial charge in [-0.1, -0.05) is 12.1 Å². The van der Waals surface area contributed by atoms with Crippen LogP contribution in [-0.4, -0.2) is 26.0 Å². The number of carboxylic acid groups (broad SMARTS) is 1. The van der Waals surface area contributed by atoms with Crippen molar-refractivity contribution >= 4 is 5.97 Å².